The number of carbonyl (C=O) groups is 2. The number of hydrogen-bond acceptors (Lipinski definition) is 5. The first kappa shape index (κ1) is 19.7. The zero-order valence-corrected chi connectivity index (χ0v) is 15.3. The van der Waals surface area contributed by atoms with Crippen LogP contribution in [0.25, 0.3) is 11.0 Å². The molecule has 6 nitrogen and oxygen atoms in total. The van der Waals surface area contributed by atoms with E-state index in [1.54, 1.807) is 24.3 Å². The van der Waals surface area contributed by atoms with E-state index < -0.39 is 12.3 Å². The molecule has 0 atom stereocenters. The fourth-order valence-corrected chi connectivity index (χ4v) is 3.32. The lowest BCUT2D eigenvalue weighted by atomic mass is 10.3. The van der Waals surface area contributed by atoms with Gasteiger partial charge >= 0.3 is 6.36 Å². The van der Waals surface area contributed by atoms with Crippen molar-refractivity contribution >= 4 is 40.3 Å². The summed E-state index contributed by atoms with van der Waals surface area (Å²) in [6, 6.07) is 11.9. The normalized spacial score (nSPS) is 11.4. The molecule has 10 heteroatoms. The van der Waals surface area contributed by atoms with Gasteiger partial charge in [-0.05, 0) is 36.4 Å². The maximum atomic E-state index is 12.2. The number of imidazole rings is 1. The van der Waals surface area contributed by atoms with Crippen LogP contribution in [-0.2, 0) is 4.79 Å². The Morgan fingerprint density at radius 3 is 2.46 bits per heavy atom. The molecule has 0 fully saturated rings. The summed E-state index contributed by atoms with van der Waals surface area (Å²) in [6.45, 7) is 1.41. The van der Waals surface area contributed by atoms with Gasteiger partial charge in [-0.15, -0.1) is 13.2 Å². The van der Waals surface area contributed by atoms with Crippen molar-refractivity contribution in [2.45, 2.75) is 18.4 Å². The quantitative estimate of drug-likeness (QED) is 0.635. The van der Waals surface area contributed by atoms with Crippen LogP contribution in [0, 0.1) is 0 Å². The van der Waals surface area contributed by atoms with Gasteiger partial charge in [0.05, 0.1) is 16.8 Å². The average molecular weight is 409 g/mol. The molecule has 0 saturated carbocycles. The van der Waals surface area contributed by atoms with Gasteiger partial charge in [0.25, 0.3) is 0 Å². The molecule has 1 amide bonds. The lowest BCUT2D eigenvalue weighted by Crippen LogP contribution is -2.17. The van der Waals surface area contributed by atoms with Crippen molar-refractivity contribution in [2.75, 3.05) is 11.1 Å². The predicted octanol–water partition coefficient (Wildman–Crippen LogP) is 4.33. The summed E-state index contributed by atoms with van der Waals surface area (Å²) < 4.78 is 41.7. The molecule has 0 radical (unpaired) electrons. The summed E-state index contributed by atoms with van der Waals surface area (Å²) in [5.74, 6) is -1.03. The lowest BCUT2D eigenvalue weighted by Gasteiger charge is -2.10. The molecular weight excluding hydrogens is 395 g/mol. The Morgan fingerprint density at radius 2 is 1.82 bits per heavy atom. The van der Waals surface area contributed by atoms with E-state index >= 15 is 0 Å². The monoisotopic (exact) mass is 409 g/mol. The Morgan fingerprint density at radius 1 is 1.14 bits per heavy atom. The zero-order chi connectivity index (χ0) is 20.3. The number of rotatable bonds is 5. The minimum absolute atomic E-state index is 0.0304. The first-order valence-corrected chi connectivity index (χ1v) is 8.98. The summed E-state index contributed by atoms with van der Waals surface area (Å²) in [5, 5.41) is 2.95. The highest BCUT2D eigenvalue weighted by Crippen LogP contribution is 2.25. The number of amides is 1. The summed E-state index contributed by atoms with van der Waals surface area (Å²) in [6.07, 6.45) is -4.77. The number of halogens is 3. The van der Waals surface area contributed by atoms with Crippen LogP contribution in [0.5, 0.6) is 5.75 Å². The predicted molar refractivity (Wildman–Crippen MR) is 98.5 cm³/mol. The van der Waals surface area contributed by atoms with Crippen molar-refractivity contribution < 1.29 is 27.5 Å². The molecule has 2 aromatic carbocycles. The summed E-state index contributed by atoms with van der Waals surface area (Å²) >= 11 is 1.09. The number of ether oxygens (including phenoxy) is 1. The average Bonchev–Trinajstić information content (AvgIpc) is 2.99. The van der Waals surface area contributed by atoms with Crippen molar-refractivity contribution in [3.8, 4) is 5.75 Å². The van der Waals surface area contributed by atoms with Crippen LogP contribution < -0.4 is 10.1 Å². The van der Waals surface area contributed by atoms with E-state index in [1.165, 1.54) is 23.6 Å². The second-order valence-electron chi connectivity index (χ2n) is 5.65. The van der Waals surface area contributed by atoms with E-state index in [4.69, 9.17) is 0 Å². The molecule has 3 rings (SSSR count). The first-order chi connectivity index (χ1) is 13.2. The van der Waals surface area contributed by atoms with Crippen molar-refractivity contribution in [3.05, 3.63) is 48.5 Å². The molecule has 0 saturated heterocycles. The summed E-state index contributed by atoms with van der Waals surface area (Å²) in [7, 11) is 0. The molecule has 0 spiro atoms. The van der Waals surface area contributed by atoms with Crippen molar-refractivity contribution in [1.29, 1.82) is 0 Å². The number of benzene rings is 2. The van der Waals surface area contributed by atoms with Gasteiger partial charge < -0.3 is 10.1 Å². The number of carbonyl (C=O) groups excluding carboxylic acids is 2. The van der Waals surface area contributed by atoms with E-state index in [2.05, 4.69) is 15.0 Å². The fraction of sp³-hybridized carbons (Fsp3) is 0.167. The number of hydrogen-bond donors (Lipinski definition) is 1. The van der Waals surface area contributed by atoms with Crippen molar-refractivity contribution in [3.63, 3.8) is 0 Å². The molecule has 0 aliphatic carbocycles. The summed E-state index contributed by atoms with van der Waals surface area (Å²) in [4.78, 5) is 28.4. The van der Waals surface area contributed by atoms with Crippen LogP contribution in [0.15, 0.2) is 53.7 Å². The largest absolute Gasteiger partial charge is 0.573 e. The van der Waals surface area contributed by atoms with Crippen LogP contribution in [0.1, 0.15) is 11.7 Å². The van der Waals surface area contributed by atoms with Crippen LogP contribution in [0.4, 0.5) is 18.9 Å². The minimum atomic E-state index is -4.77. The van der Waals surface area contributed by atoms with Gasteiger partial charge in [-0.2, -0.15) is 0 Å². The van der Waals surface area contributed by atoms with E-state index in [1.807, 2.05) is 0 Å². The Balaban J connectivity index is 1.64. The number of nitrogens with zero attached hydrogens (tertiary/aromatic N) is 2. The number of para-hydroxylation sites is 2. The molecule has 1 aromatic heterocycles. The SMILES string of the molecule is CC(=O)n1c(SCC(=O)Nc2ccc(OC(F)(F)F)cc2)nc2ccccc21. The summed E-state index contributed by atoms with van der Waals surface area (Å²) in [5.41, 5.74) is 1.61. The van der Waals surface area contributed by atoms with Gasteiger partial charge in [-0.25, -0.2) is 4.98 Å². The molecule has 28 heavy (non-hydrogen) atoms. The highest BCUT2D eigenvalue weighted by Gasteiger charge is 2.31. The number of alkyl halides is 3. The van der Waals surface area contributed by atoms with Crippen LogP contribution in [0.3, 0.4) is 0 Å². The molecule has 1 N–H and O–H groups in total. The first-order valence-electron chi connectivity index (χ1n) is 8.00. The van der Waals surface area contributed by atoms with Crippen LogP contribution in [0.2, 0.25) is 0 Å². The van der Waals surface area contributed by atoms with Crippen LogP contribution in [-0.4, -0.2) is 33.5 Å². The maximum absolute atomic E-state index is 12.2. The standard InChI is InChI=1S/C18H14F3N3O3S/c1-11(25)24-15-5-3-2-4-14(15)23-17(24)28-10-16(26)22-12-6-8-13(9-7-12)27-18(19,20)21/h2-9H,10H2,1H3,(H,22,26). The van der Waals surface area contributed by atoms with Gasteiger partial charge in [0.2, 0.25) is 11.8 Å². The minimum Gasteiger partial charge on any atom is -0.406 e. The van der Waals surface area contributed by atoms with E-state index in [0.717, 1.165) is 23.9 Å². The lowest BCUT2D eigenvalue weighted by molar-refractivity contribution is -0.274. The van der Waals surface area contributed by atoms with Gasteiger partial charge in [0.15, 0.2) is 5.16 Å². The van der Waals surface area contributed by atoms with Gasteiger partial charge in [-0.3, -0.25) is 14.2 Å². The third kappa shape index (κ3) is 4.83. The Bertz CT molecular complexity index is 1020. The zero-order valence-electron chi connectivity index (χ0n) is 14.5. The Hall–Kier alpha value is -3.01. The fourth-order valence-electron chi connectivity index (χ4n) is 2.47. The molecular formula is C18H14F3N3O3S. The van der Waals surface area contributed by atoms with E-state index in [0.29, 0.717) is 21.9 Å². The van der Waals surface area contributed by atoms with Crippen LogP contribution >= 0.6 is 11.8 Å². The molecule has 146 valence electrons. The Labute approximate surface area is 161 Å². The molecule has 3 aromatic rings. The molecule has 0 unspecified atom stereocenters. The molecule has 1 heterocycles. The molecule has 0 bridgehead atoms. The topological polar surface area (TPSA) is 73.2 Å². The molecule has 0 aliphatic rings. The maximum Gasteiger partial charge on any atom is 0.573 e. The van der Waals surface area contributed by atoms with Gasteiger partial charge in [0, 0.05) is 12.6 Å². The number of nitrogens with one attached hydrogen (secondary N) is 1. The van der Waals surface area contributed by atoms with E-state index in [-0.39, 0.29) is 17.4 Å². The highest BCUT2D eigenvalue weighted by molar-refractivity contribution is 7.99. The van der Waals surface area contributed by atoms with Gasteiger partial charge in [0.1, 0.15) is 5.75 Å². The number of anilines is 1. The number of aromatic nitrogens is 2. The Kier molecular flexibility index (Phi) is 5.59. The highest BCUT2D eigenvalue weighted by atomic mass is 32.2. The second-order valence-corrected chi connectivity index (χ2v) is 6.59. The van der Waals surface area contributed by atoms with Gasteiger partial charge in [-0.1, -0.05) is 23.9 Å². The smallest absolute Gasteiger partial charge is 0.406 e. The molecule has 0 aliphatic heterocycles. The van der Waals surface area contributed by atoms with E-state index in [9.17, 15) is 22.8 Å². The third-order valence-corrected chi connectivity index (χ3v) is 4.49. The van der Waals surface area contributed by atoms with Crippen molar-refractivity contribution in [2.24, 2.45) is 0 Å². The second kappa shape index (κ2) is 7.93. The third-order valence-electron chi connectivity index (χ3n) is 3.55. The van der Waals surface area contributed by atoms with Crippen molar-refractivity contribution in [1.82, 2.24) is 9.55 Å². The number of fused-ring (bicyclic) bond motifs is 1. The number of thioether (sulfide) groups is 1.